The fourth-order valence-electron chi connectivity index (χ4n) is 1.70. The van der Waals surface area contributed by atoms with Gasteiger partial charge in [0.2, 0.25) is 0 Å². The van der Waals surface area contributed by atoms with Gasteiger partial charge in [0.25, 0.3) is 0 Å². The second-order valence-corrected chi connectivity index (χ2v) is 6.16. The van der Waals surface area contributed by atoms with E-state index in [-0.39, 0.29) is 0 Å². The van der Waals surface area contributed by atoms with E-state index in [1.807, 2.05) is 30.3 Å². The zero-order chi connectivity index (χ0) is 13.2. The molecule has 0 spiro atoms. The van der Waals surface area contributed by atoms with Gasteiger partial charge in [-0.3, -0.25) is 4.98 Å². The van der Waals surface area contributed by atoms with Crippen molar-refractivity contribution in [3.05, 3.63) is 51.2 Å². The number of nitriles is 1. The zero-order valence-corrected chi connectivity index (χ0v) is 12.6. The van der Waals surface area contributed by atoms with Crippen molar-refractivity contribution in [3.63, 3.8) is 0 Å². The van der Waals surface area contributed by atoms with Gasteiger partial charge in [-0.1, -0.05) is 0 Å². The Morgan fingerprint density at radius 2 is 2.00 bits per heavy atom. The monoisotopic (exact) mass is 378 g/mol. The summed E-state index contributed by atoms with van der Waals surface area (Å²) in [6.07, 6.45) is 3.43. The van der Waals surface area contributed by atoms with Gasteiger partial charge in [0.15, 0.2) is 5.75 Å². The maximum absolute atomic E-state index is 8.95. The topological polar surface area (TPSA) is 45.9 Å². The van der Waals surface area contributed by atoms with Crippen LogP contribution in [0.15, 0.2) is 42.7 Å². The third kappa shape index (κ3) is 2.55. The van der Waals surface area contributed by atoms with Crippen molar-refractivity contribution in [2.75, 3.05) is 0 Å². The van der Waals surface area contributed by atoms with Crippen LogP contribution in [0.2, 0.25) is 0 Å². The summed E-state index contributed by atoms with van der Waals surface area (Å²) in [4.78, 5) is 4.81. The lowest BCUT2D eigenvalue weighted by Gasteiger charge is -2.06. The average molecular weight is 378 g/mol. The molecule has 0 saturated carbocycles. The Hall–Kier alpha value is -1.65. The lowest BCUT2D eigenvalue weighted by molar-refractivity contribution is 0.486. The van der Waals surface area contributed by atoms with E-state index >= 15 is 0 Å². The van der Waals surface area contributed by atoms with Gasteiger partial charge in [-0.15, -0.1) is 11.3 Å². The largest absolute Gasteiger partial charge is 0.455 e. The van der Waals surface area contributed by atoms with Crippen LogP contribution in [0.5, 0.6) is 11.5 Å². The van der Waals surface area contributed by atoms with Gasteiger partial charge in [-0.2, -0.15) is 5.26 Å². The van der Waals surface area contributed by atoms with E-state index in [9.17, 15) is 0 Å². The summed E-state index contributed by atoms with van der Waals surface area (Å²) in [5.41, 5.74) is 0. The minimum atomic E-state index is 0.662. The predicted molar refractivity (Wildman–Crippen MR) is 83.6 cm³/mol. The number of hydrogen-bond acceptors (Lipinski definition) is 4. The summed E-state index contributed by atoms with van der Waals surface area (Å²) < 4.78 is 7.95. The van der Waals surface area contributed by atoms with Crippen LogP contribution in [0, 0.1) is 14.9 Å². The molecule has 0 amide bonds. The quantitative estimate of drug-likeness (QED) is 0.614. The molecule has 2 aromatic heterocycles. The van der Waals surface area contributed by atoms with Crippen molar-refractivity contribution in [2.24, 2.45) is 0 Å². The molecule has 0 saturated heterocycles. The van der Waals surface area contributed by atoms with Crippen LogP contribution in [0.3, 0.4) is 0 Å². The number of ether oxygens (including phenoxy) is 1. The highest BCUT2D eigenvalue weighted by Crippen LogP contribution is 2.34. The average Bonchev–Trinajstić information content (AvgIpc) is 2.85. The van der Waals surface area contributed by atoms with E-state index in [1.165, 1.54) is 11.3 Å². The van der Waals surface area contributed by atoms with Gasteiger partial charge in [0.05, 0.1) is 10.9 Å². The Balaban J connectivity index is 2.03. The minimum absolute atomic E-state index is 0.662. The first kappa shape index (κ1) is 12.4. The molecule has 1 aromatic carbocycles. The normalized spacial score (nSPS) is 10.3. The van der Waals surface area contributed by atoms with Crippen LogP contribution >= 0.6 is 33.9 Å². The molecule has 0 bridgehead atoms. The van der Waals surface area contributed by atoms with Crippen molar-refractivity contribution >= 4 is 44.0 Å². The van der Waals surface area contributed by atoms with Crippen molar-refractivity contribution in [1.82, 2.24) is 4.98 Å². The first-order valence-electron chi connectivity index (χ1n) is 5.47. The second-order valence-electron chi connectivity index (χ2n) is 3.83. The first-order valence-corrected chi connectivity index (χ1v) is 7.37. The van der Waals surface area contributed by atoms with Gasteiger partial charge in [0.1, 0.15) is 16.7 Å². The Morgan fingerprint density at radius 1 is 1.21 bits per heavy atom. The number of halogens is 1. The molecule has 0 N–H and O–H groups in total. The van der Waals surface area contributed by atoms with E-state index in [0.29, 0.717) is 10.6 Å². The lowest BCUT2D eigenvalue weighted by atomic mass is 10.3. The van der Waals surface area contributed by atoms with Crippen molar-refractivity contribution < 1.29 is 4.74 Å². The first-order chi connectivity index (χ1) is 9.26. The van der Waals surface area contributed by atoms with E-state index in [4.69, 9.17) is 10.00 Å². The number of pyridine rings is 1. The van der Waals surface area contributed by atoms with Crippen LogP contribution in [-0.2, 0) is 0 Å². The van der Waals surface area contributed by atoms with Gasteiger partial charge in [-0.05, 0) is 52.9 Å². The van der Waals surface area contributed by atoms with E-state index in [2.05, 4.69) is 33.6 Å². The predicted octanol–water partition coefficient (Wildman–Crippen LogP) is 4.56. The molecule has 0 radical (unpaired) electrons. The molecule has 0 fully saturated rings. The summed E-state index contributed by atoms with van der Waals surface area (Å²) in [6, 6.07) is 11.8. The third-order valence-electron chi connectivity index (χ3n) is 2.56. The molecular formula is C14H7IN2OS. The minimum Gasteiger partial charge on any atom is -0.455 e. The second kappa shape index (κ2) is 5.15. The van der Waals surface area contributed by atoms with Crippen LogP contribution in [0.25, 0.3) is 10.1 Å². The van der Waals surface area contributed by atoms with E-state index in [0.717, 1.165) is 19.4 Å². The Bertz CT molecular complexity index is 774. The number of aromatic nitrogens is 1. The van der Waals surface area contributed by atoms with E-state index < -0.39 is 0 Å². The molecule has 3 rings (SSSR count). The Labute approximate surface area is 127 Å². The summed E-state index contributed by atoms with van der Waals surface area (Å²) in [5, 5.41) is 9.87. The maximum Gasteiger partial charge on any atom is 0.154 e. The number of hydrogen-bond donors (Lipinski definition) is 0. The van der Waals surface area contributed by atoms with Crippen molar-refractivity contribution in [1.29, 1.82) is 5.26 Å². The fourth-order valence-corrected chi connectivity index (χ4v) is 2.90. The summed E-state index contributed by atoms with van der Waals surface area (Å²) in [6.45, 7) is 0. The third-order valence-corrected chi connectivity index (χ3v) is 4.25. The molecule has 19 heavy (non-hydrogen) atoms. The molecular weight excluding hydrogens is 371 g/mol. The highest BCUT2D eigenvalue weighted by atomic mass is 127. The molecule has 0 atom stereocenters. The summed E-state index contributed by atoms with van der Waals surface area (Å²) >= 11 is 3.67. The smallest absolute Gasteiger partial charge is 0.154 e. The zero-order valence-electron chi connectivity index (χ0n) is 9.63. The van der Waals surface area contributed by atoms with Crippen LogP contribution in [0.4, 0.5) is 0 Å². The summed E-state index contributed by atoms with van der Waals surface area (Å²) in [5.74, 6) is 1.44. The lowest BCUT2D eigenvalue weighted by Crippen LogP contribution is -1.85. The van der Waals surface area contributed by atoms with Crippen molar-refractivity contribution in [3.8, 4) is 17.6 Å². The number of rotatable bonds is 2. The fraction of sp³-hybridized carbons (Fsp3) is 0. The molecule has 3 nitrogen and oxygen atoms in total. The highest BCUT2D eigenvalue weighted by Gasteiger charge is 2.08. The number of fused-ring (bicyclic) bond motifs is 1. The van der Waals surface area contributed by atoms with Crippen LogP contribution in [0.1, 0.15) is 4.88 Å². The Kier molecular flexibility index (Phi) is 3.36. The molecule has 5 heteroatoms. The van der Waals surface area contributed by atoms with Gasteiger partial charge < -0.3 is 4.74 Å². The molecule has 92 valence electrons. The van der Waals surface area contributed by atoms with Gasteiger partial charge in [-0.25, -0.2) is 0 Å². The van der Waals surface area contributed by atoms with Gasteiger partial charge in [0, 0.05) is 15.2 Å². The molecule has 0 aliphatic carbocycles. The standard InChI is InChI=1S/C14H7IN2OS/c15-9-1-3-10(4-2-9)18-13-7-17-8-14-12(13)5-11(6-16)19-14/h1-5,7-8H. The van der Waals surface area contributed by atoms with Crippen LogP contribution in [-0.4, -0.2) is 4.98 Å². The molecule has 0 aliphatic heterocycles. The van der Waals surface area contributed by atoms with Gasteiger partial charge >= 0.3 is 0 Å². The maximum atomic E-state index is 8.95. The molecule has 2 heterocycles. The van der Waals surface area contributed by atoms with Crippen LogP contribution < -0.4 is 4.74 Å². The highest BCUT2D eigenvalue weighted by molar-refractivity contribution is 14.1. The molecule has 0 aliphatic rings. The molecule has 3 aromatic rings. The molecule has 0 unspecified atom stereocenters. The number of nitrogens with zero attached hydrogens (tertiary/aromatic N) is 2. The van der Waals surface area contributed by atoms with E-state index in [1.54, 1.807) is 12.4 Å². The van der Waals surface area contributed by atoms with Crippen molar-refractivity contribution in [2.45, 2.75) is 0 Å². The number of benzene rings is 1. The summed E-state index contributed by atoms with van der Waals surface area (Å²) in [7, 11) is 0. The SMILES string of the molecule is N#Cc1cc2c(Oc3ccc(I)cc3)cncc2s1. The number of thiophene rings is 1. The Morgan fingerprint density at radius 3 is 2.74 bits per heavy atom.